The van der Waals surface area contributed by atoms with Gasteiger partial charge in [-0.1, -0.05) is 29.8 Å². The van der Waals surface area contributed by atoms with Gasteiger partial charge in [0.25, 0.3) is 5.91 Å². The third-order valence-corrected chi connectivity index (χ3v) is 3.25. The number of nitrogens with zero attached hydrogens (tertiary/aromatic N) is 2. The number of rotatable bonds is 3. The molecule has 0 radical (unpaired) electrons. The van der Waals surface area contributed by atoms with E-state index in [4.69, 9.17) is 11.6 Å². The molecule has 1 amide bonds. The highest BCUT2D eigenvalue weighted by Gasteiger charge is 2.01. The van der Waals surface area contributed by atoms with E-state index in [1.807, 2.05) is 48.0 Å². The molecule has 0 spiro atoms. The molecule has 1 aromatic heterocycles. The van der Waals surface area contributed by atoms with Gasteiger partial charge < -0.3 is 9.88 Å². The van der Waals surface area contributed by atoms with Gasteiger partial charge in [0, 0.05) is 35.2 Å². The summed E-state index contributed by atoms with van der Waals surface area (Å²) in [6.45, 7) is 2.52. The molecule has 0 aliphatic rings. The third kappa shape index (κ3) is 5.27. The lowest BCUT2D eigenvalue weighted by atomic mass is 10.2. The van der Waals surface area contributed by atoms with Crippen LogP contribution >= 0.6 is 11.6 Å². The number of carbonyl (C=O) groups is 1. The standard InChI is InChI=1S/C9H10ClNO.C9H8N2/c1-2-11-9(12)7-3-5-8(10)6-4-7;1-2-4-9(5-3-1)11-7-6-10-8-11/h3-6H,2H2,1H3,(H,11,12);1-8H. The van der Waals surface area contributed by atoms with Gasteiger partial charge in [0.15, 0.2) is 0 Å². The van der Waals surface area contributed by atoms with E-state index in [0.717, 1.165) is 5.69 Å². The van der Waals surface area contributed by atoms with Crippen LogP contribution in [0.3, 0.4) is 0 Å². The number of benzene rings is 2. The van der Waals surface area contributed by atoms with Crippen LogP contribution in [0.15, 0.2) is 73.3 Å². The second kappa shape index (κ2) is 8.76. The highest BCUT2D eigenvalue weighted by Crippen LogP contribution is 2.09. The van der Waals surface area contributed by atoms with Crippen LogP contribution in [-0.2, 0) is 0 Å². The van der Waals surface area contributed by atoms with E-state index in [9.17, 15) is 4.79 Å². The summed E-state index contributed by atoms with van der Waals surface area (Å²) in [4.78, 5) is 15.2. The number of hydrogen-bond acceptors (Lipinski definition) is 2. The summed E-state index contributed by atoms with van der Waals surface area (Å²) >= 11 is 5.66. The molecule has 0 saturated carbocycles. The van der Waals surface area contributed by atoms with Gasteiger partial charge in [0.05, 0.1) is 6.33 Å². The highest BCUT2D eigenvalue weighted by molar-refractivity contribution is 6.30. The van der Waals surface area contributed by atoms with Crippen LogP contribution in [0, 0.1) is 0 Å². The monoisotopic (exact) mass is 327 g/mol. The van der Waals surface area contributed by atoms with E-state index in [1.165, 1.54) is 0 Å². The second-order valence-corrected chi connectivity index (χ2v) is 5.11. The van der Waals surface area contributed by atoms with Gasteiger partial charge in [-0.05, 0) is 43.3 Å². The Bertz CT molecular complexity index is 710. The van der Waals surface area contributed by atoms with Crippen molar-refractivity contribution in [3.63, 3.8) is 0 Å². The summed E-state index contributed by atoms with van der Waals surface area (Å²) in [6.07, 6.45) is 5.48. The van der Waals surface area contributed by atoms with Crippen molar-refractivity contribution in [3.8, 4) is 5.69 Å². The number of halogens is 1. The fourth-order valence-electron chi connectivity index (χ4n) is 1.88. The maximum atomic E-state index is 11.2. The van der Waals surface area contributed by atoms with Crippen molar-refractivity contribution in [3.05, 3.63) is 83.9 Å². The van der Waals surface area contributed by atoms with E-state index in [1.54, 1.807) is 36.8 Å². The number of carbonyl (C=O) groups excluding carboxylic acids is 1. The topological polar surface area (TPSA) is 46.9 Å². The number of amides is 1. The van der Waals surface area contributed by atoms with Crippen molar-refractivity contribution in [1.82, 2.24) is 14.9 Å². The quantitative estimate of drug-likeness (QED) is 0.791. The molecule has 4 nitrogen and oxygen atoms in total. The molecular weight excluding hydrogens is 310 g/mol. The first-order valence-corrected chi connectivity index (χ1v) is 7.65. The van der Waals surface area contributed by atoms with E-state index in [2.05, 4.69) is 10.3 Å². The fraction of sp³-hybridized carbons (Fsp3) is 0.111. The minimum Gasteiger partial charge on any atom is -0.352 e. The van der Waals surface area contributed by atoms with Gasteiger partial charge in [0.1, 0.15) is 0 Å². The SMILES string of the molecule is CCNC(=O)c1ccc(Cl)cc1.c1ccc(-n2ccnc2)cc1. The molecule has 0 aliphatic carbocycles. The normalized spacial score (nSPS) is 9.65. The molecule has 0 unspecified atom stereocenters. The Kier molecular flexibility index (Phi) is 6.39. The van der Waals surface area contributed by atoms with Crippen LogP contribution in [0.4, 0.5) is 0 Å². The Labute approximate surface area is 140 Å². The van der Waals surface area contributed by atoms with E-state index in [-0.39, 0.29) is 5.91 Å². The number of para-hydroxylation sites is 1. The van der Waals surface area contributed by atoms with E-state index in [0.29, 0.717) is 17.1 Å². The van der Waals surface area contributed by atoms with Crippen molar-refractivity contribution in [2.45, 2.75) is 6.92 Å². The maximum Gasteiger partial charge on any atom is 0.251 e. The van der Waals surface area contributed by atoms with Crippen LogP contribution in [0.2, 0.25) is 5.02 Å². The van der Waals surface area contributed by atoms with Crippen LogP contribution in [0.25, 0.3) is 5.69 Å². The summed E-state index contributed by atoms with van der Waals surface area (Å²) in [5.74, 6) is -0.0610. The first kappa shape index (κ1) is 16.8. The molecule has 23 heavy (non-hydrogen) atoms. The lowest BCUT2D eigenvalue weighted by molar-refractivity contribution is 0.0956. The van der Waals surface area contributed by atoms with Gasteiger partial charge in [-0.15, -0.1) is 0 Å². The maximum absolute atomic E-state index is 11.2. The lowest BCUT2D eigenvalue weighted by Crippen LogP contribution is -2.22. The van der Waals surface area contributed by atoms with Crippen LogP contribution in [0.1, 0.15) is 17.3 Å². The number of imidazole rings is 1. The van der Waals surface area contributed by atoms with E-state index >= 15 is 0 Å². The minimum atomic E-state index is -0.0610. The van der Waals surface area contributed by atoms with Gasteiger partial charge >= 0.3 is 0 Å². The first-order chi connectivity index (χ1) is 11.2. The minimum absolute atomic E-state index is 0.0610. The third-order valence-electron chi connectivity index (χ3n) is 3.00. The average molecular weight is 328 g/mol. The zero-order chi connectivity index (χ0) is 16.5. The fourth-order valence-corrected chi connectivity index (χ4v) is 2.00. The molecule has 0 bridgehead atoms. The molecule has 1 N–H and O–H groups in total. The summed E-state index contributed by atoms with van der Waals surface area (Å²) in [6, 6.07) is 16.9. The molecule has 0 saturated heterocycles. The van der Waals surface area contributed by atoms with Gasteiger partial charge in [-0.2, -0.15) is 0 Å². The molecule has 3 aromatic rings. The number of hydrogen-bond donors (Lipinski definition) is 1. The Hall–Kier alpha value is -2.59. The van der Waals surface area contributed by atoms with Gasteiger partial charge in [0.2, 0.25) is 0 Å². The Morgan fingerprint density at radius 2 is 1.83 bits per heavy atom. The Morgan fingerprint density at radius 3 is 2.39 bits per heavy atom. The van der Waals surface area contributed by atoms with Crippen molar-refractivity contribution < 1.29 is 4.79 Å². The lowest BCUT2D eigenvalue weighted by Gasteiger charge is -2.00. The van der Waals surface area contributed by atoms with Crippen molar-refractivity contribution in [2.24, 2.45) is 0 Å². The second-order valence-electron chi connectivity index (χ2n) is 4.67. The summed E-state index contributed by atoms with van der Waals surface area (Å²) in [5.41, 5.74) is 1.78. The first-order valence-electron chi connectivity index (χ1n) is 7.28. The highest BCUT2D eigenvalue weighted by atomic mass is 35.5. The molecule has 0 fully saturated rings. The van der Waals surface area contributed by atoms with Gasteiger partial charge in [-0.25, -0.2) is 4.98 Å². The average Bonchev–Trinajstić information content (AvgIpc) is 3.12. The van der Waals surface area contributed by atoms with Crippen molar-refractivity contribution in [1.29, 1.82) is 0 Å². The predicted molar refractivity (Wildman–Crippen MR) is 93.0 cm³/mol. The van der Waals surface area contributed by atoms with Crippen molar-refractivity contribution >= 4 is 17.5 Å². The summed E-state index contributed by atoms with van der Waals surface area (Å²) in [5, 5.41) is 3.34. The zero-order valence-corrected chi connectivity index (χ0v) is 13.6. The molecule has 0 aliphatic heterocycles. The smallest absolute Gasteiger partial charge is 0.251 e. The van der Waals surface area contributed by atoms with Crippen LogP contribution in [-0.4, -0.2) is 22.0 Å². The molecule has 5 heteroatoms. The Morgan fingerprint density at radius 1 is 1.13 bits per heavy atom. The van der Waals surface area contributed by atoms with Gasteiger partial charge in [-0.3, -0.25) is 4.79 Å². The predicted octanol–water partition coefficient (Wildman–Crippen LogP) is 3.96. The van der Waals surface area contributed by atoms with Crippen LogP contribution < -0.4 is 5.32 Å². The molecule has 2 aromatic carbocycles. The van der Waals surface area contributed by atoms with E-state index < -0.39 is 0 Å². The summed E-state index contributed by atoms with van der Waals surface area (Å²) < 4.78 is 1.97. The molecule has 0 atom stereocenters. The molecule has 3 rings (SSSR count). The molecule has 118 valence electrons. The molecule has 1 heterocycles. The number of nitrogens with one attached hydrogen (secondary N) is 1. The molecular formula is C18H18ClN3O. The zero-order valence-electron chi connectivity index (χ0n) is 12.8. The Balaban J connectivity index is 0.000000167. The van der Waals surface area contributed by atoms with Crippen molar-refractivity contribution in [2.75, 3.05) is 6.54 Å². The summed E-state index contributed by atoms with van der Waals surface area (Å²) in [7, 11) is 0. The van der Waals surface area contributed by atoms with Crippen LogP contribution in [0.5, 0.6) is 0 Å². The number of aromatic nitrogens is 2. The largest absolute Gasteiger partial charge is 0.352 e.